The van der Waals surface area contributed by atoms with E-state index in [1.807, 2.05) is 24.3 Å². The summed E-state index contributed by atoms with van der Waals surface area (Å²) in [6, 6.07) is 0. The fraction of sp³-hybridized carbons (Fsp3) is 0.429. The summed E-state index contributed by atoms with van der Waals surface area (Å²) < 4.78 is 0. The van der Waals surface area contributed by atoms with E-state index in [2.05, 4.69) is 16.2 Å². The molecule has 0 aliphatic carbocycles. The zero-order chi connectivity index (χ0) is 6.97. The second-order valence-electron chi connectivity index (χ2n) is 2.44. The molecule has 2 aliphatic heterocycles. The van der Waals surface area contributed by atoms with E-state index in [-0.39, 0.29) is 25.6 Å². The first kappa shape index (κ1) is 8.60. The van der Waals surface area contributed by atoms with Crippen LogP contribution in [0.15, 0.2) is 16.2 Å². The standard InChI is InChI=1S/C7H8N3.Rh/c1-10-7-6(5-9-10)3-2-4-8-7;/h3-7H,1H3;/q-1;. The summed E-state index contributed by atoms with van der Waals surface area (Å²) in [5, 5.41) is 5.96. The molecule has 2 atom stereocenters. The molecule has 0 aromatic rings. The van der Waals surface area contributed by atoms with E-state index in [4.69, 9.17) is 0 Å². The number of dihydropyridines is 1. The van der Waals surface area contributed by atoms with Crippen molar-refractivity contribution in [3.8, 4) is 0 Å². The molecule has 0 spiro atoms. The first-order valence-electron chi connectivity index (χ1n) is 3.26. The van der Waals surface area contributed by atoms with Gasteiger partial charge in [0, 0.05) is 38.7 Å². The Bertz CT molecular complexity index is 222. The first-order valence-corrected chi connectivity index (χ1v) is 3.26. The number of rotatable bonds is 0. The second kappa shape index (κ2) is 3.27. The molecule has 0 amide bonds. The molecule has 0 aromatic heterocycles. The number of allylic oxidation sites excluding steroid dienone is 1. The molecule has 1 radical (unpaired) electrons. The zero-order valence-corrected chi connectivity index (χ0v) is 7.70. The predicted molar refractivity (Wildman–Crippen MR) is 39.8 cm³/mol. The van der Waals surface area contributed by atoms with Crippen LogP contribution in [-0.4, -0.2) is 30.7 Å². The Labute approximate surface area is 78.6 Å². The Morgan fingerprint density at radius 2 is 2.36 bits per heavy atom. The molecular weight excluding hydrogens is 229 g/mol. The summed E-state index contributed by atoms with van der Waals surface area (Å²) >= 11 is 0. The third kappa shape index (κ3) is 1.41. The Morgan fingerprint density at radius 3 is 3.09 bits per heavy atom. The summed E-state index contributed by atoms with van der Waals surface area (Å²) in [5.41, 5.74) is 0. The third-order valence-electron chi connectivity index (χ3n) is 1.74. The van der Waals surface area contributed by atoms with Crippen LogP contribution in [0.3, 0.4) is 0 Å². The minimum Gasteiger partial charge on any atom is -0.457 e. The molecule has 11 heavy (non-hydrogen) atoms. The number of hydrogen-bond acceptors (Lipinski definition) is 3. The van der Waals surface area contributed by atoms with Crippen LogP contribution < -0.4 is 0 Å². The van der Waals surface area contributed by atoms with E-state index in [1.165, 1.54) is 0 Å². The van der Waals surface area contributed by atoms with Gasteiger partial charge in [0.1, 0.15) is 6.17 Å². The molecule has 2 aliphatic rings. The van der Waals surface area contributed by atoms with Crippen LogP contribution in [0.25, 0.3) is 0 Å². The number of aliphatic imine (C=N–C) groups is 1. The minimum atomic E-state index is 0. The van der Waals surface area contributed by atoms with Crippen LogP contribution >= 0.6 is 0 Å². The van der Waals surface area contributed by atoms with E-state index < -0.39 is 0 Å². The molecule has 4 heteroatoms. The monoisotopic (exact) mass is 237 g/mol. The van der Waals surface area contributed by atoms with Gasteiger partial charge in [0.15, 0.2) is 0 Å². The van der Waals surface area contributed by atoms with Gasteiger partial charge in [-0.05, 0) is 0 Å². The van der Waals surface area contributed by atoms with Gasteiger partial charge in [-0.2, -0.15) is 11.3 Å². The van der Waals surface area contributed by atoms with Gasteiger partial charge in [-0.1, -0.05) is 0 Å². The second-order valence-corrected chi connectivity index (χ2v) is 2.44. The van der Waals surface area contributed by atoms with Gasteiger partial charge in [-0.15, -0.1) is 0 Å². The average Bonchev–Trinajstić information content (AvgIpc) is 2.34. The molecule has 0 fully saturated rings. The van der Waals surface area contributed by atoms with Crippen LogP contribution in [0.2, 0.25) is 0 Å². The summed E-state index contributed by atoms with van der Waals surface area (Å²) in [4.78, 5) is 4.21. The Morgan fingerprint density at radius 1 is 1.55 bits per heavy atom. The summed E-state index contributed by atoms with van der Waals surface area (Å²) in [6.07, 6.45) is 8.73. The van der Waals surface area contributed by atoms with Crippen molar-refractivity contribution in [3.63, 3.8) is 0 Å². The van der Waals surface area contributed by atoms with Crippen molar-refractivity contribution in [1.29, 1.82) is 0 Å². The summed E-state index contributed by atoms with van der Waals surface area (Å²) in [5.74, 6) is 0.343. The average molecular weight is 237 g/mol. The van der Waals surface area contributed by atoms with Crippen molar-refractivity contribution in [2.75, 3.05) is 7.05 Å². The maximum absolute atomic E-state index is 4.21. The number of hydrazone groups is 1. The van der Waals surface area contributed by atoms with E-state index >= 15 is 0 Å². The molecule has 0 saturated carbocycles. The molecule has 2 rings (SSSR count). The van der Waals surface area contributed by atoms with Crippen LogP contribution in [0, 0.1) is 12.0 Å². The van der Waals surface area contributed by atoms with Gasteiger partial charge in [0.2, 0.25) is 0 Å². The van der Waals surface area contributed by atoms with Gasteiger partial charge < -0.3 is 11.1 Å². The maximum atomic E-state index is 4.21. The van der Waals surface area contributed by atoms with Crippen LogP contribution in [0.1, 0.15) is 0 Å². The molecular formula is C7H8N3Rh-. The van der Waals surface area contributed by atoms with E-state index in [9.17, 15) is 0 Å². The summed E-state index contributed by atoms with van der Waals surface area (Å²) in [7, 11) is 1.93. The fourth-order valence-corrected chi connectivity index (χ4v) is 1.18. The molecule has 0 saturated heterocycles. The fourth-order valence-electron chi connectivity index (χ4n) is 1.18. The van der Waals surface area contributed by atoms with Gasteiger partial charge >= 0.3 is 0 Å². The Balaban J connectivity index is 0.000000605. The van der Waals surface area contributed by atoms with Crippen molar-refractivity contribution < 1.29 is 19.5 Å². The molecule has 61 valence electrons. The molecule has 2 unspecified atom stereocenters. The van der Waals surface area contributed by atoms with Crippen LogP contribution in [0.5, 0.6) is 0 Å². The van der Waals surface area contributed by atoms with Crippen molar-refractivity contribution in [2.45, 2.75) is 6.17 Å². The topological polar surface area (TPSA) is 28.0 Å². The summed E-state index contributed by atoms with van der Waals surface area (Å²) in [6.45, 7) is 0. The van der Waals surface area contributed by atoms with Gasteiger partial charge in [-0.3, -0.25) is 11.1 Å². The van der Waals surface area contributed by atoms with Gasteiger partial charge in [0.25, 0.3) is 0 Å². The van der Waals surface area contributed by atoms with Crippen LogP contribution in [0.4, 0.5) is 0 Å². The normalized spacial score (nSPS) is 31.9. The number of fused-ring (bicyclic) bond motifs is 1. The zero-order valence-electron chi connectivity index (χ0n) is 6.06. The van der Waals surface area contributed by atoms with E-state index in [0.717, 1.165) is 0 Å². The van der Waals surface area contributed by atoms with Gasteiger partial charge in [0.05, 0.1) is 0 Å². The van der Waals surface area contributed by atoms with Crippen molar-refractivity contribution in [2.24, 2.45) is 16.0 Å². The Hall–Kier alpha value is -0.497. The molecule has 2 heterocycles. The largest absolute Gasteiger partial charge is 0.457 e. The van der Waals surface area contributed by atoms with Gasteiger partial charge in [-0.25, -0.2) is 0 Å². The Kier molecular flexibility index (Phi) is 2.55. The molecule has 0 N–H and O–H groups in total. The van der Waals surface area contributed by atoms with Crippen molar-refractivity contribution in [3.05, 3.63) is 12.2 Å². The predicted octanol–water partition coefficient (Wildman–Crippen LogP) is 0.301. The SMILES string of the molecule is CN1N=CC2C=[C-]C=NC21.[Rh]. The molecule has 0 aromatic carbocycles. The third-order valence-corrected chi connectivity index (χ3v) is 1.74. The van der Waals surface area contributed by atoms with E-state index in [1.54, 1.807) is 6.21 Å². The van der Waals surface area contributed by atoms with E-state index in [0.29, 0.717) is 5.92 Å². The number of nitrogens with zero attached hydrogens (tertiary/aromatic N) is 3. The van der Waals surface area contributed by atoms with Crippen LogP contribution in [-0.2, 0) is 19.5 Å². The van der Waals surface area contributed by atoms with Crippen molar-refractivity contribution >= 4 is 12.4 Å². The molecule has 0 bridgehead atoms. The quantitative estimate of drug-likeness (QED) is 0.440. The minimum absolute atomic E-state index is 0. The molecule has 3 nitrogen and oxygen atoms in total. The van der Waals surface area contributed by atoms with Crippen molar-refractivity contribution in [1.82, 2.24) is 5.01 Å². The number of hydrogen-bond donors (Lipinski definition) is 0. The maximum Gasteiger partial charge on any atom is 0.141 e. The first-order chi connectivity index (χ1) is 4.88. The smallest absolute Gasteiger partial charge is 0.141 e.